The van der Waals surface area contributed by atoms with Gasteiger partial charge in [0.1, 0.15) is 5.82 Å². The molecule has 2 aromatic rings. The van der Waals surface area contributed by atoms with Crippen LogP contribution in [0, 0.1) is 13.8 Å². The van der Waals surface area contributed by atoms with E-state index in [4.69, 9.17) is 5.10 Å². The van der Waals surface area contributed by atoms with Gasteiger partial charge < -0.3 is 5.32 Å². The van der Waals surface area contributed by atoms with E-state index in [0.717, 1.165) is 31.5 Å². The average Bonchev–Trinajstić information content (AvgIpc) is 2.97. The van der Waals surface area contributed by atoms with Crippen LogP contribution < -0.4 is 5.32 Å². The van der Waals surface area contributed by atoms with E-state index in [-0.39, 0.29) is 0 Å². The van der Waals surface area contributed by atoms with Gasteiger partial charge in [0.2, 0.25) is 0 Å². The molecule has 0 fully saturated rings. The SMILES string of the molecule is CCCc1nn(-c2ccc(C)c(C)c2)c2c1CCN2. The van der Waals surface area contributed by atoms with Crippen molar-refractivity contribution in [1.29, 1.82) is 0 Å². The normalized spacial score (nSPS) is 13.4. The molecule has 1 aromatic carbocycles. The topological polar surface area (TPSA) is 29.9 Å². The molecular weight excluding hydrogens is 234 g/mol. The maximum Gasteiger partial charge on any atom is 0.133 e. The van der Waals surface area contributed by atoms with Crippen LogP contribution in [-0.4, -0.2) is 16.3 Å². The Kier molecular flexibility index (Phi) is 3.05. The number of fused-ring (bicyclic) bond motifs is 1. The molecule has 3 heteroatoms. The molecule has 3 rings (SSSR count). The maximum atomic E-state index is 4.82. The van der Waals surface area contributed by atoms with E-state index >= 15 is 0 Å². The van der Waals surface area contributed by atoms with Crippen molar-refractivity contribution in [2.45, 2.75) is 40.0 Å². The predicted octanol–water partition coefficient (Wildman–Crippen LogP) is 3.41. The zero-order valence-electron chi connectivity index (χ0n) is 12.0. The fraction of sp³-hybridized carbons (Fsp3) is 0.438. The van der Waals surface area contributed by atoms with Crippen molar-refractivity contribution in [2.24, 2.45) is 0 Å². The highest BCUT2D eigenvalue weighted by molar-refractivity contribution is 5.57. The standard InChI is InChI=1S/C16H21N3/c1-4-5-15-14-8-9-17-16(14)19(18-15)13-7-6-11(2)12(3)10-13/h6-7,10,17H,4-5,8-9H2,1-3H3. The molecule has 0 bridgehead atoms. The van der Waals surface area contributed by atoms with Crippen molar-refractivity contribution in [1.82, 2.24) is 9.78 Å². The summed E-state index contributed by atoms with van der Waals surface area (Å²) < 4.78 is 2.08. The van der Waals surface area contributed by atoms with Gasteiger partial charge in [-0.3, -0.25) is 0 Å². The second-order valence-electron chi connectivity index (χ2n) is 5.38. The van der Waals surface area contributed by atoms with E-state index in [2.05, 4.69) is 49.0 Å². The lowest BCUT2D eigenvalue weighted by atomic mass is 10.1. The first-order valence-electron chi connectivity index (χ1n) is 7.13. The third kappa shape index (κ3) is 2.03. The van der Waals surface area contributed by atoms with E-state index in [9.17, 15) is 0 Å². The van der Waals surface area contributed by atoms with Crippen molar-refractivity contribution in [2.75, 3.05) is 11.9 Å². The van der Waals surface area contributed by atoms with Gasteiger partial charge in [-0.2, -0.15) is 5.10 Å². The Hall–Kier alpha value is -1.77. The lowest BCUT2D eigenvalue weighted by Crippen LogP contribution is -2.05. The first-order valence-corrected chi connectivity index (χ1v) is 7.13. The number of rotatable bonds is 3. The quantitative estimate of drug-likeness (QED) is 0.911. The van der Waals surface area contributed by atoms with Crippen LogP contribution in [0.5, 0.6) is 0 Å². The molecule has 0 saturated carbocycles. The van der Waals surface area contributed by atoms with Gasteiger partial charge in [0, 0.05) is 12.1 Å². The van der Waals surface area contributed by atoms with Crippen molar-refractivity contribution in [3.63, 3.8) is 0 Å². The zero-order chi connectivity index (χ0) is 13.4. The molecule has 3 nitrogen and oxygen atoms in total. The van der Waals surface area contributed by atoms with Crippen LogP contribution in [0.3, 0.4) is 0 Å². The molecule has 0 saturated heterocycles. The molecule has 0 spiro atoms. The molecule has 1 N–H and O–H groups in total. The minimum atomic E-state index is 1.04. The van der Waals surface area contributed by atoms with Crippen LogP contribution in [-0.2, 0) is 12.8 Å². The van der Waals surface area contributed by atoms with E-state index in [1.54, 1.807) is 0 Å². The Bertz CT molecular complexity index is 611. The van der Waals surface area contributed by atoms with E-state index in [1.165, 1.54) is 28.2 Å². The number of hydrogen-bond acceptors (Lipinski definition) is 2. The molecule has 0 amide bonds. The Morgan fingerprint density at radius 3 is 2.84 bits per heavy atom. The lowest BCUT2D eigenvalue weighted by Gasteiger charge is -2.08. The van der Waals surface area contributed by atoms with E-state index in [1.807, 2.05) is 0 Å². The summed E-state index contributed by atoms with van der Waals surface area (Å²) in [4.78, 5) is 0. The molecule has 0 unspecified atom stereocenters. The van der Waals surface area contributed by atoms with Crippen LogP contribution in [0.15, 0.2) is 18.2 Å². The van der Waals surface area contributed by atoms with Crippen LogP contribution in [0.1, 0.15) is 35.7 Å². The Labute approximate surface area is 114 Å². The van der Waals surface area contributed by atoms with Gasteiger partial charge in [0.25, 0.3) is 0 Å². The highest BCUT2D eigenvalue weighted by Crippen LogP contribution is 2.29. The van der Waals surface area contributed by atoms with Gasteiger partial charge in [-0.05, 0) is 49.9 Å². The van der Waals surface area contributed by atoms with Crippen LogP contribution in [0.4, 0.5) is 5.82 Å². The second-order valence-corrected chi connectivity index (χ2v) is 5.38. The van der Waals surface area contributed by atoms with E-state index < -0.39 is 0 Å². The summed E-state index contributed by atoms with van der Waals surface area (Å²) in [6.07, 6.45) is 3.33. The van der Waals surface area contributed by atoms with Crippen molar-refractivity contribution in [3.8, 4) is 5.69 Å². The van der Waals surface area contributed by atoms with Crippen molar-refractivity contribution in [3.05, 3.63) is 40.6 Å². The average molecular weight is 255 g/mol. The maximum absolute atomic E-state index is 4.82. The highest BCUT2D eigenvalue weighted by atomic mass is 15.3. The first-order chi connectivity index (χ1) is 9.20. The molecule has 100 valence electrons. The molecule has 0 atom stereocenters. The molecular formula is C16H21N3. The number of nitrogens with zero attached hydrogens (tertiary/aromatic N) is 2. The lowest BCUT2D eigenvalue weighted by molar-refractivity contribution is 0.795. The van der Waals surface area contributed by atoms with Gasteiger partial charge in [-0.25, -0.2) is 4.68 Å². The van der Waals surface area contributed by atoms with Gasteiger partial charge in [-0.1, -0.05) is 19.4 Å². The molecule has 1 aliphatic heterocycles. The molecule has 0 radical (unpaired) electrons. The van der Waals surface area contributed by atoms with Crippen molar-refractivity contribution < 1.29 is 0 Å². The molecule has 19 heavy (non-hydrogen) atoms. The number of hydrogen-bond donors (Lipinski definition) is 1. The summed E-state index contributed by atoms with van der Waals surface area (Å²) in [6, 6.07) is 6.55. The summed E-state index contributed by atoms with van der Waals surface area (Å²) in [5.74, 6) is 1.20. The molecule has 1 aromatic heterocycles. The fourth-order valence-electron chi connectivity index (χ4n) is 2.73. The number of anilines is 1. The Balaban J connectivity index is 2.09. The van der Waals surface area contributed by atoms with Gasteiger partial charge >= 0.3 is 0 Å². The number of aromatic nitrogens is 2. The van der Waals surface area contributed by atoms with Gasteiger partial charge in [0.05, 0.1) is 11.4 Å². The third-order valence-corrected chi connectivity index (χ3v) is 3.96. The summed E-state index contributed by atoms with van der Waals surface area (Å²) in [7, 11) is 0. The van der Waals surface area contributed by atoms with Crippen LogP contribution >= 0.6 is 0 Å². The van der Waals surface area contributed by atoms with Crippen molar-refractivity contribution >= 4 is 5.82 Å². The largest absolute Gasteiger partial charge is 0.369 e. The zero-order valence-corrected chi connectivity index (χ0v) is 12.0. The predicted molar refractivity (Wildman–Crippen MR) is 79.2 cm³/mol. The van der Waals surface area contributed by atoms with Crippen LogP contribution in [0.25, 0.3) is 5.69 Å². The number of benzene rings is 1. The molecule has 2 heterocycles. The first kappa shape index (κ1) is 12.3. The Morgan fingerprint density at radius 1 is 1.26 bits per heavy atom. The summed E-state index contributed by atoms with van der Waals surface area (Å²) in [6.45, 7) is 7.55. The van der Waals surface area contributed by atoms with Gasteiger partial charge in [-0.15, -0.1) is 0 Å². The Morgan fingerprint density at radius 2 is 2.11 bits per heavy atom. The van der Waals surface area contributed by atoms with Gasteiger partial charge in [0.15, 0.2) is 0 Å². The summed E-state index contributed by atoms with van der Waals surface area (Å²) in [5.41, 5.74) is 6.49. The highest BCUT2D eigenvalue weighted by Gasteiger charge is 2.22. The summed E-state index contributed by atoms with van der Waals surface area (Å²) >= 11 is 0. The third-order valence-electron chi connectivity index (χ3n) is 3.96. The molecule has 1 aliphatic rings. The number of nitrogens with one attached hydrogen (secondary N) is 1. The smallest absolute Gasteiger partial charge is 0.133 e. The second kappa shape index (κ2) is 4.72. The van der Waals surface area contributed by atoms with Crippen LogP contribution in [0.2, 0.25) is 0 Å². The summed E-state index contributed by atoms with van der Waals surface area (Å²) in [5, 5.41) is 8.30. The molecule has 0 aliphatic carbocycles. The minimum Gasteiger partial charge on any atom is -0.369 e. The fourth-order valence-corrected chi connectivity index (χ4v) is 2.73. The minimum absolute atomic E-state index is 1.04. The van der Waals surface area contributed by atoms with E-state index in [0.29, 0.717) is 0 Å². The number of aryl methyl sites for hydroxylation is 3. The monoisotopic (exact) mass is 255 g/mol.